The first kappa shape index (κ1) is 22.1. The van der Waals surface area contributed by atoms with Gasteiger partial charge in [0.2, 0.25) is 5.91 Å². The number of nitrogens with one attached hydrogen (secondary N) is 2. The van der Waals surface area contributed by atoms with Gasteiger partial charge in [0.15, 0.2) is 0 Å². The van der Waals surface area contributed by atoms with Crippen LogP contribution in [0.25, 0.3) is 0 Å². The summed E-state index contributed by atoms with van der Waals surface area (Å²) in [5.74, 6) is 0.915. The largest absolute Gasteiger partial charge is 0.398 e. The molecule has 1 aromatic carbocycles. The molecule has 0 spiro atoms. The third kappa shape index (κ3) is 8.14. The fourth-order valence-corrected chi connectivity index (χ4v) is 4.79. The lowest BCUT2D eigenvalue weighted by Crippen LogP contribution is -2.42. The van der Waals surface area contributed by atoms with Crippen LogP contribution in [0.2, 0.25) is 0 Å². The van der Waals surface area contributed by atoms with E-state index in [1.165, 1.54) is 57.8 Å². The molecule has 0 aromatic heterocycles. The maximum absolute atomic E-state index is 12.3. The summed E-state index contributed by atoms with van der Waals surface area (Å²) >= 11 is 1.75. The van der Waals surface area contributed by atoms with E-state index in [0.29, 0.717) is 0 Å². The highest BCUT2D eigenvalue weighted by atomic mass is 32.2. The van der Waals surface area contributed by atoms with Crippen molar-refractivity contribution < 1.29 is 4.79 Å². The first-order chi connectivity index (χ1) is 13.2. The van der Waals surface area contributed by atoms with E-state index in [0.717, 1.165) is 30.0 Å². The maximum atomic E-state index is 12.3. The minimum absolute atomic E-state index is 0.110. The fourth-order valence-electron chi connectivity index (χ4n) is 3.50. The van der Waals surface area contributed by atoms with Crippen molar-refractivity contribution in [2.24, 2.45) is 0 Å². The van der Waals surface area contributed by atoms with Crippen molar-refractivity contribution in [3.8, 4) is 0 Å². The number of rotatable bonds is 13. The van der Waals surface area contributed by atoms with Gasteiger partial charge in [-0.25, -0.2) is 0 Å². The van der Waals surface area contributed by atoms with Crippen LogP contribution in [0.3, 0.4) is 0 Å². The minimum Gasteiger partial charge on any atom is -0.398 e. The average Bonchev–Trinajstić information content (AvgIpc) is 3.16. The van der Waals surface area contributed by atoms with Crippen LogP contribution in [0.1, 0.15) is 82.1 Å². The Morgan fingerprint density at radius 3 is 2.37 bits per heavy atom. The lowest BCUT2D eigenvalue weighted by atomic mass is 10.1. The van der Waals surface area contributed by atoms with Crippen molar-refractivity contribution >= 4 is 23.4 Å². The van der Waals surface area contributed by atoms with Gasteiger partial charge in [0.05, 0.1) is 11.4 Å². The van der Waals surface area contributed by atoms with Crippen molar-refractivity contribution in [3.05, 3.63) is 29.8 Å². The van der Waals surface area contributed by atoms with Crippen LogP contribution in [0.5, 0.6) is 0 Å². The van der Waals surface area contributed by atoms with Crippen molar-refractivity contribution in [3.63, 3.8) is 0 Å². The van der Waals surface area contributed by atoms with Crippen molar-refractivity contribution in [2.45, 2.75) is 82.5 Å². The van der Waals surface area contributed by atoms with Crippen LogP contribution in [-0.4, -0.2) is 24.2 Å². The molecule has 27 heavy (non-hydrogen) atoms. The Hall–Kier alpha value is -1.20. The van der Waals surface area contributed by atoms with E-state index in [9.17, 15) is 4.79 Å². The van der Waals surface area contributed by atoms with Gasteiger partial charge in [-0.2, -0.15) is 0 Å². The third-order valence-corrected chi connectivity index (χ3v) is 6.46. The predicted molar refractivity (Wildman–Crippen MR) is 118 cm³/mol. The van der Waals surface area contributed by atoms with Crippen LogP contribution < -0.4 is 16.4 Å². The van der Waals surface area contributed by atoms with Gasteiger partial charge in [-0.15, -0.1) is 11.8 Å². The van der Waals surface area contributed by atoms with Crippen LogP contribution in [-0.2, 0) is 4.79 Å². The molecule has 2 rings (SSSR count). The van der Waals surface area contributed by atoms with Crippen LogP contribution >= 0.6 is 11.8 Å². The normalized spacial score (nSPS) is 19.3. The Kier molecular flexibility index (Phi) is 10.7. The molecule has 4 N–H and O–H groups in total. The summed E-state index contributed by atoms with van der Waals surface area (Å²) in [4.78, 5) is 12.3. The van der Waals surface area contributed by atoms with Gasteiger partial charge in [-0.05, 0) is 12.5 Å². The van der Waals surface area contributed by atoms with Crippen LogP contribution in [0.4, 0.5) is 5.69 Å². The molecule has 1 heterocycles. The minimum atomic E-state index is -0.122. The van der Waals surface area contributed by atoms with Crippen molar-refractivity contribution in [2.75, 3.05) is 18.0 Å². The summed E-state index contributed by atoms with van der Waals surface area (Å²) in [5.41, 5.74) is 7.91. The number of nitrogen functional groups attached to an aromatic ring is 1. The molecule has 0 aliphatic carbocycles. The van der Waals surface area contributed by atoms with Gasteiger partial charge >= 0.3 is 0 Å². The first-order valence-corrected chi connectivity index (χ1v) is 11.8. The van der Waals surface area contributed by atoms with Gasteiger partial charge in [-0.1, -0.05) is 82.9 Å². The quantitative estimate of drug-likeness (QED) is 0.327. The number of unbranched alkanes of at least 4 members (excludes halogenated alkanes) is 9. The Labute approximate surface area is 169 Å². The van der Waals surface area contributed by atoms with E-state index in [4.69, 9.17) is 5.73 Å². The first-order valence-electron chi connectivity index (χ1n) is 10.7. The molecule has 4 nitrogen and oxygen atoms in total. The number of para-hydroxylation sites is 1. The second-order valence-electron chi connectivity index (χ2n) is 7.53. The van der Waals surface area contributed by atoms with Crippen LogP contribution in [0.15, 0.2) is 24.3 Å². The number of hydrogen-bond donors (Lipinski definition) is 3. The topological polar surface area (TPSA) is 67.2 Å². The summed E-state index contributed by atoms with van der Waals surface area (Å²) in [7, 11) is 0. The van der Waals surface area contributed by atoms with E-state index in [2.05, 4.69) is 17.6 Å². The molecule has 0 saturated carbocycles. The summed E-state index contributed by atoms with van der Waals surface area (Å²) < 4.78 is 0. The number of anilines is 1. The number of benzene rings is 1. The SMILES string of the molecule is CCCCCCCCCCCCNC(=O)[C@@H]1CSC(c2ccccc2N)N1. The summed E-state index contributed by atoms with van der Waals surface area (Å²) in [5, 5.41) is 6.61. The molecule has 1 aliphatic rings. The molecule has 0 bridgehead atoms. The van der Waals surface area contributed by atoms with E-state index >= 15 is 0 Å². The average molecular weight is 392 g/mol. The molecule has 152 valence electrons. The fraction of sp³-hybridized carbons (Fsp3) is 0.682. The maximum Gasteiger partial charge on any atom is 0.238 e. The molecule has 2 atom stereocenters. The van der Waals surface area contributed by atoms with E-state index in [-0.39, 0.29) is 17.3 Å². The molecule has 1 aliphatic heterocycles. The monoisotopic (exact) mass is 391 g/mol. The third-order valence-electron chi connectivity index (χ3n) is 5.21. The van der Waals surface area contributed by atoms with Crippen LogP contribution in [0, 0.1) is 0 Å². The second-order valence-corrected chi connectivity index (χ2v) is 8.67. The molecule has 5 heteroatoms. The van der Waals surface area contributed by atoms with Gasteiger partial charge in [-0.3, -0.25) is 10.1 Å². The smallest absolute Gasteiger partial charge is 0.238 e. The highest BCUT2D eigenvalue weighted by molar-refractivity contribution is 7.99. The zero-order chi connectivity index (χ0) is 19.3. The van der Waals surface area contributed by atoms with Crippen molar-refractivity contribution in [1.29, 1.82) is 0 Å². The number of nitrogens with two attached hydrogens (primary N) is 1. The number of carbonyl (C=O) groups excluding carboxylic acids is 1. The number of carbonyl (C=O) groups is 1. The molecule has 1 amide bonds. The Bertz CT molecular complexity index is 552. The molecule has 1 saturated heterocycles. The van der Waals surface area contributed by atoms with Crippen molar-refractivity contribution in [1.82, 2.24) is 10.6 Å². The highest BCUT2D eigenvalue weighted by Gasteiger charge is 2.31. The molecule has 1 aromatic rings. The Morgan fingerprint density at radius 1 is 1.07 bits per heavy atom. The zero-order valence-electron chi connectivity index (χ0n) is 16.8. The second kappa shape index (κ2) is 13.1. The number of thioether (sulfide) groups is 1. The predicted octanol–water partition coefficient (Wildman–Crippen LogP) is 5.01. The van der Waals surface area contributed by atoms with Gasteiger partial charge in [0.25, 0.3) is 0 Å². The molecular formula is C22H37N3OS. The van der Waals surface area contributed by atoms with Gasteiger partial charge in [0, 0.05) is 23.5 Å². The van der Waals surface area contributed by atoms with Gasteiger partial charge < -0.3 is 11.1 Å². The molecule has 1 unspecified atom stereocenters. The summed E-state index contributed by atoms with van der Waals surface area (Å²) in [6.45, 7) is 3.05. The number of amides is 1. The molecular weight excluding hydrogens is 354 g/mol. The van der Waals surface area contributed by atoms with E-state index < -0.39 is 0 Å². The standard InChI is InChI=1S/C22H37N3OS/c1-2-3-4-5-6-7-8-9-10-13-16-24-21(26)20-17-27-22(25-20)18-14-11-12-15-19(18)23/h11-12,14-15,20,22,25H,2-10,13,16-17,23H2,1H3,(H,24,26)/t20-,22?/m0/s1. The van der Waals surface area contributed by atoms with Gasteiger partial charge in [0.1, 0.15) is 0 Å². The van der Waals surface area contributed by atoms with E-state index in [1.54, 1.807) is 11.8 Å². The van der Waals surface area contributed by atoms with E-state index in [1.807, 2.05) is 24.3 Å². The molecule has 0 radical (unpaired) electrons. The molecule has 1 fully saturated rings. The Morgan fingerprint density at radius 2 is 1.70 bits per heavy atom. The lowest BCUT2D eigenvalue weighted by molar-refractivity contribution is -0.122. The lowest BCUT2D eigenvalue weighted by Gasteiger charge is -2.15. The summed E-state index contributed by atoms with van der Waals surface area (Å²) in [6, 6.07) is 7.75. The summed E-state index contributed by atoms with van der Waals surface area (Å²) in [6.07, 6.45) is 13.2. The number of hydrogen-bond acceptors (Lipinski definition) is 4. The highest BCUT2D eigenvalue weighted by Crippen LogP contribution is 2.35. The zero-order valence-corrected chi connectivity index (χ0v) is 17.7. The Balaban J connectivity index is 1.50.